The molecule has 5 nitrogen and oxygen atoms in total. The van der Waals surface area contributed by atoms with Crippen molar-refractivity contribution in [2.24, 2.45) is 13.0 Å². The van der Waals surface area contributed by atoms with Crippen molar-refractivity contribution >= 4 is 0 Å². The van der Waals surface area contributed by atoms with Crippen molar-refractivity contribution in [3.63, 3.8) is 0 Å². The summed E-state index contributed by atoms with van der Waals surface area (Å²) in [5.74, 6) is 0.0900. The summed E-state index contributed by atoms with van der Waals surface area (Å²) in [6.45, 7) is 7.78. The van der Waals surface area contributed by atoms with Crippen LogP contribution in [-0.2, 0) is 11.8 Å². The quantitative estimate of drug-likeness (QED) is 0.914. The van der Waals surface area contributed by atoms with Crippen LogP contribution in [0.15, 0.2) is 18.3 Å². The Morgan fingerprint density at radius 1 is 1.42 bits per heavy atom. The van der Waals surface area contributed by atoms with E-state index in [2.05, 4.69) is 22.3 Å². The molecule has 1 saturated heterocycles. The van der Waals surface area contributed by atoms with Crippen LogP contribution in [0, 0.1) is 25.6 Å². The highest BCUT2D eigenvalue weighted by Gasteiger charge is 2.33. The maximum Gasteiger partial charge on any atom is 0.141 e. The summed E-state index contributed by atoms with van der Waals surface area (Å²) in [6, 6.07) is 3.25. The molecule has 0 amide bonds. The van der Waals surface area contributed by atoms with E-state index in [4.69, 9.17) is 4.74 Å². The minimum Gasteiger partial charge on any atom is -0.373 e. The molecule has 3 atom stereocenters. The lowest BCUT2D eigenvalue weighted by Crippen LogP contribution is -2.28. The van der Waals surface area contributed by atoms with Gasteiger partial charge in [0.2, 0.25) is 0 Å². The average molecular weight is 332 g/mol. The molecule has 1 unspecified atom stereocenters. The Labute approximate surface area is 142 Å². The minimum atomic E-state index is -0.308. The molecule has 0 aliphatic carbocycles. The van der Waals surface area contributed by atoms with Gasteiger partial charge in [-0.25, -0.2) is 4.39 Å². The smallest absolute Gasteiger partial charge is 0.141 e. The van der Waals surface area contributed by atoms with Crippen LogP contribution in [0.1, 0.15) is 48.1 Å². The molecule has 2 aromatic rings. The van der Waals surface area contributed by atoms with Crippen LogP contribution < -0.4 is 5.32 Å². The maximum atomic E-state index is 13.0. The van der Waals surface area contributed by atoms with Gasteiger partial charge in [0.15, 0.2) is 0 Å². The Morgan fingerprint density at radius 2 is 2.21 bits per heavy atom. The molecule has 3 rings (SSSR count). The van der Waals surface area contributed by atoms with E-state index in [1.807, 2.05) is 25.6 Å². The second-order valence-corrected chi connectivity index (χ2v) is 6.58. The van der Waals surface area contributed by atoms with Crippen LogP contribution in [0.2, 0.25) is 0 Å². The highest BCUT2D eigenvalue weighted by Crippen LogP contribution is 2.37. The van der Waals surface area contributed by atoms with Gasteiger partial charge in [0.25, 0.3) is 0 Å². The molecule has 0 bridgehead atoms. The predicted molar refractivity (Wildman–Crippen MR) is 90.1 cm³/mol. The summed E-state index contributed by atoms with van der Waals surface area (Å²) in [5.41, 5.74) is 4.27. The third kappa shape index (κ3) is 3.35. The second-order valence-electron chi connectivity index (χ2n) is 6.58. The summed E-state index contributed by atoms with van der Waals surface area (Å²) in [5, 5.41) is 8.03. The number of aryl methyl sites for hydroxylation is 2. The largest absolute Gasteiger partial charge is 0.373 e. The Hall–Kier alpha value is -1.79. The van der Waals surface area contributed by atoms with E-state index in [-0.39, 0.29) is 18.0 Å². The molecule has 130 valence electrons. The SMILES string of the molecule is Cc1nn(C)c(C)c1[C@H]1OCC[C@@H]1CNC(C)c1ccc(F)cn1. The van der Waals surface area contributed by atoms with Gasteiger partial charge in [0.05, 0.1) is 23.7 Å². The number of nitrogens with one attached hydrogen (secondary N) is 1. The van der Waals surface area contributed by atoms with Gasteiger partial charge in [-0.2, -0.15) is 5.10 Å². The van der Waals surface area contributed by atoms with Crippen molar-refractivity contribution in [2.75, 3.05) is 13.2 Å². The summed E-state index contributed by atoms with van der Waals surface area (Å²) >= 11 is 0. The zero-order valence-electron chi connectivity index (χ0n) is 14.7. The van der Waals surface area contributed by atoms with Crippen molar-refractivity contribution < 1.29 is 9.13 Å². The zero-order chi connectivity index (χ0) is 17.3. The Kier molecular flexibility index (Phi) is 4.96. The molecule has 0 aromatic carbocycles. The summed E-state index contributed by atoms with van der Waals surface area (Å²) in [6.07, 6.45) is 2.37. The Bertz CT molecular complexity index is 698. The third-order valence-corrected chi connectivity index (χ3v) is 4.94. The van der Waals surface area contributed by atoms with E-state index >= 15 is 0 Å². The topological polar surface area (TPSA) is 52.0 Å². The zero-order valence-corrected chi connectivity index (χ0v) is 14.7. The second kappa shape index (κ2) is 6.99. The van der Waals surface area contributed by atoms with Crippen molar-refractivity contribution in [3.8, 4) is 0 Å². The van der Waals surface area contributed by atoms with Gasteiger partial charge in [0.1, 0.15) is 5.82 Å². The van der Waals surface area contributed by atoms with E-state index in [9.17, 15) is 4.39 Å². The first-order chi connectivity index (χ1) is 11.5. The highest BCUT2D eigenvalue weighted by molar-refractivity contribution is 5.28. The molecule has 0 spiro atoms. The number of hydrogen-bond donors (Lipinski definition) is 1. The fourth-order valence-electron chi connectivity index (χ4n) is 3.44. The van der Waals surface area contributed by atoms with Crippen molar-refractivity contribution in [1.82, 2.24) is 20.1 Å². The first-order valence-electron chi connectivity index (χ1n) is 8.44. The molecular formula is C18H25FN4O. The lowest BCUT2D eigenvalue weighted by Gasteiger charge is -2.22. The van der Waals surface area contributed by atoms with Crippen LogP contribution in [0.3, 0.4) is 0 Å². The van der Waals surface area contributed by atoms with E-state index in [0.717, 1.165) is 36.7 Å². The molecule has 3 heterocycles. The number of aromatic nitrogens is 3. The summed E-state index contributed by atoms with van der Waals surface area (Å²) in [7, 11) is 1.97. The molecule has 0 saturated carbocycles. The van der Waals surface area contributed by atoms with Gasteiger partial charge in [-0.05, 0) is 39.3 Å². The number of ether oxygens (including phenoxy) is 1. The van der Waals surface area contributed by atoms with E-state index in [1.165, 1.54) is 17.8 Å². The number of hydrogen-bond acceptors (Lipinski definition) is 4. The van der Waals surface area contributed by atoms with Crippen LogP contribution >= 0.6 is 0 Å². The summed E-state index contributed by atoms with van der Waals surface area (Å²) < 4.78 is 20.9. The summed E-state index contributed by atoms with van der Waals surface area (Å²) in [4.78, 5) is 4.15. The molecular weight excluding hydrogens is 307 g/mol. The first-order valence-corrected chi connectivity index (χ1v) is 8.44. The lowest BCUT2D eigenvalue weighted by atomic mass is 9.93. The highest BCUT2D eigenvalue weighted by atomic mass is 19.1. The fourth-order valence-corrected chi connectivity index (χ4v) is 3.44. The number of rotatable bonds is 5. The van der Waals surface area contributed by atoms with Crippen LogP contribution in [0.5, 0.6) is 0 Å². The fraction of sp³-hybridized carbons (Fsp3) is 0.556. The molecule has 1 aliphatic heterocycles. The van der Waals surface area contributed by atoms with E-state index in [1.54, 1.807) is 6.07 Å². The first kappa shape index (κ1) is 17.0. The van der Waals surface area contributed by atoms with Crippen LogP contribution in [-0.4, -0.2) is 27.9 Å². The van der Waals surface area contributed by atoms with Gasteiger partial charge in [-0.3, -0.25) is 9.67 Å². The predicted octanol–water partition coefficient (Wildman–Crippen LogP) is 3.00. The third-order valence-electron chi connectivity index (χ3n) is 4.94. The van der Waals surface area contributed by atoms with Crippen LogP contribution in [0.4, 0.5) is 4.39 Å². The van der Waals surface area contributed by atoms with Crippen molar-refractivity contribution in [1.29, 1.82) is 0 Å². The Morgan fingerprint density at radius 3 is 2.83 bits per heavy atom. The number of pyridine rings is 1. The van der Waals surface area contributed by atoms with E-state index < -0.39 is 0 Å². The monoisotopic (exact) mass is 332 g/mol. The molecule has 2 aromatic heterocycles. The molecule has 24 heavy (non-hydrogen) atoms. The van der Waals surface area contributed by atoms with Gasteiger partial charge < -0.3 is 10.1 Å². The van der Waals surface area contributed by atoms with Crippen molar-refractivity contribution in [2.45, 2.75) is 39.3 Å². The van der Waals surface area contributed by atoms with Gasteiger partial charge in [-0.15, -0.1) is 0 Å². The standard InChI is InChI=1S/C18H25FN4O/c1-11(16-6-5-15(19)10-21-16)20-9-14-7-8-24-18(14)17-12(2)22-23(4)13(17)3/h5-6,10-11,14,18,20H,7-9H2,1-4H3/t11?,14-,18+/m1/s1. The molecule has 1 fully saturated rings. The molecule has 1 aliphatic rings. The maximum absolute atomic E-state index is 13.0. The lowest BCUT2D eigenvalue weighted by molar-refractivity contribution is 0.0888. The van der Waals surface area contributed by atoms with Gasteiger partial charge in [-0.1, -0.05) is 0 Å². The van der Waals surface area contributed by atoms with Crippen LogP contribution in [0.25, 0.3) is 0 Å². The van der Waals surface area contributed by atoms with Gasteiger partial charge >= 0.3 is 0 Å². The van der Waals surface area contributed by atoms with E-state index in [0.29, 0.717) is 5.92 Å². The Balaban J connectivity index is 1.67. The number of halogens is 1. The molecule has 1 N–H and O–H groups in total. The normalized spacial score (nSPS) is 22.0. The minimum absolute atomic E-state index is 0.0722. The molecule has 0 radical (unpaired) electrons. The number of nitrogens with zero attached hydrogens (tertiary/aromatic N) is 3. The molecule has 6 heteroatoms. The van der Waals surface area contributed by atoms with Crippen molar-refractivity contribution in [3.05, 3.63) is 46.8 Å². The van der Waals surface area contributed by atoms with Gasteiger partial charge in [0, 0.05) is 43.4 Å². The average Bonchev–Trinajstić information content (AvgIpc) is 3.10.